The molecule has 0 heterocycles. The third-order valence-corrected chi connectivity index (χ3v) is 3.92. The number of aliphatic hydroxyl groups is 1. The standard InChI is InChI=1S/C11H17NO4S/c1-3-12-17(14,15)11-5-4-10(16-2)8-9(11)6-7-13/h4-5,8,12-13H,3,6-7H2,1-2H3. The van der Waals surface area contributed by atoms with Gasteiger partial charge in [-0.05, 0) is 30.2 Å². The lowest BCUT2D eigenvalue weighted by molar-refractivity contribution is 0.298. The van der Waals surface area contributed by atoms with Gasteiger partial charge in [-0.25, -0.2) is 13.1 Å². The molecule has 0 radical (unpaired) electrons. The fourth-order valence-corrected chi connectivity index (χ4v) is 2.82. The Morgan fingerprint density at radius 3 is 2.65 bits per heavy atom. The number of hydrogen-bond donors (Lipinski definition) is 2. The lowest BCUT2D eigenvalue weighted by atomic mass is 10.1. The Labute approximate surface area is 101 Å². The molecule has 1 aromatic rings. The molecule has 96 valence electrons. The van der Waals surface area contributed by atoms with E-state index in [1.807, 2.05) is 0 Å². The SMILES string of the molecule is CCNS(=O)(=O)c1ccc(OC)cc1CCO. The number of aliphatic hydroxyl groups excluding tert-OH is 1. The Morgan fingerprint density at radius 2 is 2.12 bits per heavy atom. The predicted octanol–water partition coefficient (Wildman–Crippen LogP) is 0.528. The first-order valence-corrected chi connectivity index (χ1v) is 6.81. The van der Waals surface area contributed by atoms with Crippen LogP contribution in [0.5, 0.6) is 5.75 Å². The van der Waals surface area contributed by atoms with Crippen LogP contribution in [0.4, 0.5) is 0 Å². The third-order valence-electron chi connectivity index (χ3n) is 2.27. The zero-order chi connectivity index (χ0) is 12.9. The fraction of sp³-hybridized carbons (Fsp3) is 0.455. The van der Waals surface area contributed by atoms with Crippen molar-refractivity contribution in [3.8, 4) is 5.75 Å². The zero-order valence-corrected chi connectivity index (χ0v) is 10.8. The highest BCUT2D eigenvalue weighted by molar-refractivity contribution is 7.89. The molecule has 0 aliphatic rings. The molecule has 0 aromatic heterocycles. The Hall–Kier alpha value is -1.11. The van der Waals surface area contributed by atoms with Crippen LogP contribution >= 0.6 is 0 Å². The van der Waals surface area contributed by atoms with Gasteiger partial charge in [-0.15, -0.1) is 0 Å². The molecule has 0 unspecified atom stereocenters. The normalized spacial score (nSPS) is 11.5. The van der Waals surface area contributed by atoms with Crippen molar-refractivity contribution in [2.75, 3.05) is 20.3 Å². The predicted molar refractivity (Wildman–Crippen MR) is 64.6 cm³/mol. The maximum absolute atomic E-state index is 11.9. The average molecular weight is 259 g/mol. The quantitative estimate of drug-likeness (QED) is 0.781. The summed E-state index contributed by atoms with van der Waals surface area (Å²) in [4.78, 5) is 0.189. The molecule has 0 atom stereocenters. The van der Waals surface area contributed by atoms with Gasteiger partial charge in [-0.1, -0.05) is 6.92 Å². The van der Waals surface area contributed by atoms with E-state index in [9.17, 15) is 8.42 Å². The largest absolute Gasteiger partial charge is 0.497 e. The van der Waals surface area contributed by atoms with Gasteiger partial charge in [0.15, 0.2) is 0 Å². The minimum atomic E-state index is -3.50. The van der Waals surface area contributed by atoms with E-state index < -0.39 is 10.0 Å². The van der Waals surface area contributed by atoms with E-state index in [1.54, 1.807) is 19.1 Å². The summed E-state index contributed by atoms with van der Waals surface area (Å²) in [5, 5.41) is 8.95. The molecule has 1 aromatic carbocycles. The van der Waals surface area contributed by atoms with E-state index in [-0.39, 0.29) is 17.9 Å². The molecule has 17 heavy (non-hydrogen) atoms. The average Bonchev–Trinajstić information content (AvgIpc) is 2.29. The molecule has 0 aliphatic heterocycles. The number of rotatable bonds is 6. The number of nitrogens with one attached hydrogen (secondary N) is 1. The van der Waals surface area contributed by atoms with Gasteiger partial charge < -0.3 is 9.84 Å². The molecular formula is C11H17NO4S. The topological polar surface area (TPSA) is 75.6 Å². The fourth-order valence-electron chi connectivity index (χ4n) is 1.53. The monoisotopic (exact) mass is 259 g/mol. The first-order chi connectivity index (χ1) is 8.05. The van der Waals surface area contributed by atoms with Crippen molar-refractivity contribution in [1.29, 1.82) is 0 Å². The molecule has 0 fully saturated rings. The van der Waals surface area contributed by atoms with E-state index >= 15 is 0 Å². The molecule has 0 bridgehead atoms. The van der Waals surface area contributed by atoms with Crippen LogP contribution in [0, 0.1) is 0 Å². The Balaban J connectivity index is 3.23. The van der Waals surface area contributed by atoms with Crippen molar-refractivity contribution in [3.63, 3.8) is 0 Å². The first kappa shape index (κ1) is 14.0. The highest BCUT2D eigenvalue weighted by Crippen LogP contribution is 2.22. The summed E-state index contributed by atoms with van der Waals surface area (Å²) in [5.74, 6) is 0.573. The number of benzene rings is 1. The van der Waals surface area contributed by atoms with Gasteiger partial charge in [0.1, 0.15) is 5.75 Å². The maximum Gasteiger partial charge on any atom is 0.240 e. The molecule has 0 spiro atoms. The zero-order valence-electron chi connectivity index (χ0n) is 9.93. The van der Waals surface area contributed by atoms with Crippen LogP contribution in [-0.2, 0) is 16.4 Å². The van der Waals surface area contributed by atoms with E-state index in [4.69, 9.17) is 9.84 Å². The molecule has 0 saturated heterocycles. The van der Waals surface area contributed by atoms with Gasteiger partial charge in [0.2, 0.25) is 10.0 Å². The molecule has 2 N–H and O–H groups in total. The van der Waals surface area contributed by atoms with Crippen molar-refractivity contribution in [3.05, 3.63) is 23.8 Å². The molecule has 5 nitrogen and oxygen atoms in total. The van der Waals surface area contributed by atoms with E-state index in [1.165, 1.54) is 13.2 Å². The first-order valence-electron chi connectivity index (χ1n) is 5.32. The van der Waals surface area contributed by atoms with Gasteiger partial charge in [0, 0.05) is 13.2 Å². The molecule has 0 saturated carbocycles. The molecular weight excluding hydrogens is 242 g/mol. The summed E-state index contributed by atoms with van der Waals surface area (Å²) in [6, 6.07) is 4.70. The summed E-state index contributed by atoms with van der Waals surface area (Å²) in [7, 11) is -1.99. The van der Waals surface area contributed by atoms with Crippen molar-refractivity contribution in [2.24, 2.45) is 0 Å². The molecule has 0 aliphatic carbocycles. The summed E-state index contributed by atoms with van der Waals surface area (Å²) in [6.45, 7) is 1.93. The van der Waals surface area contributed by atoms with Gasteiger partial charge in [0.25, 0.3) is 0 Å². The number of methoxy groups -OCH3 is 1. The van der Waals surface area contributed by atoms with Crippen molar-refractivity contribution < 1.29 is 18.3 Å². The summed E-state index contributed by atoms with van der Waals surface area (Å²) < 4.78 is 31.2. The van der Waals surface area contributed by atoms with Crippen LogP contribution in [0.2, 0.25) is 0 Å². The second-order valence-corrected chi connectivity index (χ2v) is 5.18. The second-order valence-electron chi connectivity index (χ2n) is 3.45. The Kier molecular flexibility index (Phi) is 4.92. The lowest BCUT2D eigenvalue weighted by Gasteiger charge is -2.11. The highest BCUT2D eigenvalue weighted by Gasteiger charge is 2.17. The number of hydrogen-bond acceptors (Lipinski definition) is 4. The van der Waals surface area contributed by atoms with E-state index in [0.717, 1.165) is 0 Å². The van der Waals surface area contributed by atoms with Gasteiger partial charge in [0.05, 0.1) is 12.0 Å². The van der Waals surface area contributed by atoms with Crippen molar-refractivity contribution >= 4 is 10.0 Å². The van der Waals surface area contributed by atoms with Crippen LogP contribution in [0.3, 0.4) is 0 Å². The Morgan fingerprint density at radius 1 is 1.41 bits per heavy atom. The lowest BCUT2D eigenvalue weighted by Crippen LogP contribution is -2.24. The molecule has 0 amide bonds. The van der Waals surface area contributed by atoms with Crippen LogP contribution < -0.4 is 9.46 Å². The summed E-state index contributed by atoms with van der Waals surface area (Å²) in [5.41, 5.74) is 0.549. The van der Waals surface area contributed by atoms with E-state index in [0.29, 0.717) is 17.9 Å². The van der Waals surface area contributed by atoms with Crippen LogP contribution in [0.25, 0.3) is 0 Å². The van der Waals surface area contributed by atoms with Crippen LogP contribution in [-0.4, -0.2) is 33.8 Å². The minimum Gasteiger partial charge on any atom is -0.497 e. The van der Waals surface area contributed by atoms with Gasteiger partial charge in [-0.2, -0.15) is 0 Å². The number of sulfonamides is 1. The van der Waals surface area contributed by atoms with Crippen molar-refractivity contribution in [1.82, 2.24) is 4.72 Å². The third kappa shape index (κ3) is 3.42. The minimum absolute atomic E-state index is 0.109. The Bertz CT molecular complexity index is 470. The second kappa shape index (κ2) is 6.00. The summed E-state index contributed by atoms with van der Waals surface area (Å²) in [6.07, 6.45) is 0.275. The molecule has 6 heteroatoms. The van der Waals surface area contributed by atoms with Crippen LogP contribution in [0.1, 0.15) is 12.5 Å². The smallest absolute Gasteiger partial charge is 0.240 e. The van der Waals surface area contributed by atoms with E-state index in [2.05, 4.69) is 4.72 Å². The highest BCUT2D eigenvalue weighted by atomic mass is 32.2. The van der Waals surface area contributed by atoms with Gasteiger partial charge >= 0.3 is 0 Å². The van der Waals surface area contributed by atoms with Crippen LogP contribution in [0.15, 0.2) is 23.1 Å². The van der Waals surface area contributed by atoms with Crippen molar-refractivity contribution in [2.45, 2.75) is 18.2 Å². The summed E-state index contributed by atoms with van der Waals surface area (Å²) >= 11 is 0. The maximum atomic E-state index is 11.9. The number of ether oxygens (including phenoxy) is 1. The molecule has 1 rings (SSSR count). The van der Waals surface area contributed by atoms with Gasteiger partial charge in [-0.3, -0.25) is 0 Å².